The van der Waals surface area contributed by atoms with Crippen LogP contribution in [0.5, 0.6) is 5.75 Å². The Morgan fingerprint density at radius 1 is 1.12 bits per heavy atom. The molecule has 3 rings (SSSR count). The standard InChI is InChI=1S/C24H40BrN3O3S/c1-19(2)31-23-7-8-24(25)22(17-23)16-20-9-13-27(14-10-20)15-11-21-6-5-12-28(18-21)32(29,30)26(3)4/h7-8,17,19-21H,5-6,9-16,18H2,1-4H3. The lowest BCUT2D eigenvalue weighted by molar-refractivity contribution is 0.159. The summed E-state index contributed by atoms with van der Waals surface area (Å²) in [6, 6.07) is 6.32. The average molecular weight is 531 g/mol. The third-order valence-electron chi connectivity index (χ3n) is 6.73. The first kappa shape index (κ1) is 25.9. The zero-order chi connectivity index (χ0) is 23.3. The van der Waals surface area contributed by atoms with Crippen molar-refractivity contribution in [2.75, 3.05) is 46.8 Å². The van der Waals surface area contributed by atoms with Gasteiger partial charge in [0.1, 0.15) is 5.75 Å². The second-order valence-electron chi connectivity index (χ2n) is 9.85. The van der Waals surface area contributed by atoms with Crippen LogP contribution in [0.25, 0.3) is 0 Å². The Hall–Kier alpha value is -0.670. The SMILES string of the molecule is CC(C)Oc1ccc(Br)c(CC2CCN(CCC3CCCN(S(=O)(=O)N(C)C)C3)CC2)c1. The van der Waals surface area contributed by atoms with Crippen LogP contribution in [-0.4, -0.2) is 74.9 Å². The van der Waals surface area contributed by atoms with Gasteiger partial charge in [-0.25, -0.2) is 0 Å². The summed E-state index contributed by atoms with van der Waals surface area (Å²) >= 11 is 3.72. The Morgan fingerprint density at radius 3 is 2.50 bits per heavy atom. The van der Waals surface area contributed by atoms with Gasteiger partial charge in [-0.1, -0.05) is 15.9 Å². The molecule has 32 heavy (non-hydrogen) atoms. The molecule has 0 saturated carbocycles. The minimum atomic E-state index is -3.29. The summed E-state index contributed by atoms with van der Waals surface area (Å²) in [4.78, 5) is 2.57. The number of rotatable bonds is 9. The molecule has 8 heteroatoms. The Kier molecular flexibility index (Phi) is 9.44. The van der Waals surface area contributed by atoms with Crippen LogP contribution in [0, 0.1) is 11.8 Å². The van der Waals surface area contributed by atoms with Crippen molar-refractivity contribution in [3.63, 3.8) is 0 Å². The van der Waals surface area contributed by atoms with Crippen molar-refractivity contribution < 1.29 is 13.2 Å². The monoisotopic (exact) mass is 529 g/mol. The molecule has 1 aromatic carbocycles. The van der Waals surface area contributed by atoms with Crippen molar-refractivity contribution >= 4 is 26.1 Å². The highest BCUT2D eigenvalue weighted by atomic mass is 79.9. The lowest BCUT2D eigenvalue weighted by atomic mass is 9.89. The predicted octanol–water partition coefficient (Wildman–Crippen LogP) is 4.40. The summed E-state index contributed by atoms with van der Waals surface area (Å²) < 4.78 is 35.0. The number of hydrogen-bond acceptors (Lipinski definition) is 4. The van der Waals surface area contributed by atoms with E-state index in [1.54, 1.807) is 18.4 Å². The number of likely N-dealkylation sites (tertiary alicyclic amines) is 1. The Balaban J connectivity index is 1.44. The average Bonchev–Trinajstić information content (AvgIpc) is 2.75. The Morgan fingerprint density at radius 2 is 1.84 bits per heavy atom. The van der Waals surface area contributed by atoms with Gasteiger partial charge in [0.15, 0.2) is 0 Å². The van der Waals surface area contributed by atoms with Gasteiger partial charge >= 0.3 is 0 Å². The quantitative estimate of drug-likeness (QED) is 0.475. The number of nitrogens with zero attached hydrogens (tertiary/aromatic N) is 3. The third kappa shape index (κ3) is 7.16. The zero-order valence-corrected chi connectivity index (χ0v) is 22.5. The van der Waals surface area contributed by atoms with Crippen molar-refractivity contribution in [1.29, 1.82) is 0 Å². The summed E-state index contributed by atoms with van der Waals surface area (Å²) in [7, 11) is -0.0458. The second-order valence-corrected chi connectivity index (χ2v) is 12.9. The van der Waals surface area contributed by atoms with Crippen molar-refractivity contribution in [1.82, 2.24) is 13.5 Å². The number of halogens is 1. The molecule has 2 fully saturated rings. The smallest absolute Gasteiger partial charge is 0.281 e. The molecule has 2 saturated heterocycles. The number of benzene rings is 1. The molecule has 0 bridgehead atoms. The molecule has 0 N–H and O–H groups in total. The van der Waals surface area contributed by atoms with E-state index >= 15 is 0 Å². The summed E-state index contributed by atoms with van der Waals surface area (Å²) in [5.41, 5.74) is 1.34. The Labute approximate surface area is 203 Å². The molecule has 0 amide bonds. The molecule has 2 aliphatic heterocycles. The van der Waals surface area contributed by atoms with Gasteiger partial charge < -0.3 is 9.64 Å². The third-order valence-corrected chi connectivity index (χ3v) is 9.41. The summed E-state index contributed by atoms with van der Waals surface area (Å²) in [6.45, 7) is 8.79. The largest absolute Gasteiger partial charge is 0.491 e. The molecule has 1 unspecified atom stereocenters. The number of hydrogen-bond donors (Lipinski definition) is 0. The number of ether oxygens (including phenoxy) is 1. The molecule has 0 aliphatic carbocycles. The van der Waals surface area contributed by atoms with E-state index in [9.17, 15) is 8.42 Å². The molecule has 0 aromatic heterocycles. The molecule has 0 radical (unpaired) electrons. The van der Waals surface area contributed by atoms with Crippen LogP contribution in [0.3, 0.4) is 0 Å². The normalized spacial score (nSPS) is 22.0. The highest BCUT2D eigenvalue weighted by molar-refractivity contribution is 9.10. The minimum absolute atomic E-state index is 0.187. The molecule has 1 atom stereocenters. The van der Waals surface area contributed by atoms with E-state index in [2.05, 4.69) is 46.8 Å². The molecule has 2 heterocycles. The molecule has 182 valence electrons. The van der Waals surface area contributed by atoms with Crippen molar-refractivity contribution in [2.45, 2.75) is 58.5 Å². The first-order chi connectivity index (χ1) is 15.1. The van der Waals surface area contributed by atoms with E-state index in [0.717, 1.165) is 51.1 Å². The fraction of sp³-hybridized carbons (Fsp3) is 0.750. The maximum absolute atomic E-state index is 12.5. The van der Waals surface area contributed by atoms with E-state index < -0.39 is 10.2 Å². The van der Waals surface area contributed by atoms with Crippen LogP contribution >= 0.6 is 15.9 Å². The maximum atomic E-state index is 12.5. The maximum Gasteiger partial charge on any atom is 0.281 e. The lowest BCUT2D eigenvalue weighted by Gasteiger charge is -2.36. The summed E-state index contributed by atoms with van der Waals surface area (Å²) in [5.74, 6) is 2.12. The van der Waals surface area contributed by atoms with Crippen LogP contribution < -0.4 is 4.74 Å². The van der Waals surface area contributed by atoms with Crippen molar-refractivity contribution in [3.8, 4) is 5.75 Å². The van der Waals surface area contributed by atoms with Gasteiger partial charge in [-0.05, 0) is 108 Å². The van der Waals surface area contributed by atoms with Crippen LogP contribution in [0.1, 0.15) is 51.5 Å². The topological polar surface area (TPSA) is 53.1 Å². The fourth-order valence-corrected chi connectivity index (χ4v) is 6.48. The fourth-order valence-electron chi connectivity index (χ4n) is 4.85. The zero-order valence-electron chi connectivity index (χ0n) is 20.1. The molecular weight excluding hydrogens is 490 g/mol. The van der Waals surface area contributed by atoms with Crippen LogP contribution in [-0.2, 0) is 16.6 Å². The molecule has 0 spiro atoms. The minimum Gasteiger partial charge on any atom is -0.491 e. The highest BCUT2D eigenvalue weighted by Crippen LogP contribution is 2.30. The molecule has 1 aromatic rings. The van der Waals surface area contributed by atoms with Crippen molar-refractivity contribution in [2.24, 2.45) is 11.8 Å². The lowest BCUT2D eigenvalue weighted by Crippen LogP contribution is -2.46. The van der Waals surface area contributed by atoms with Crippen LogP contribution in [0.2, 0.25) is 0 Å². The van der Waals surface area contributed by atoms with E-state index in [-0.39, 0.29) is 6.10 Å². The first-order valence-electron chi connectivity index (χ1n) is 12.0. The van der Waals surface area contributed by atoms with E-state index in [0.29, 0.717) is 24.9 Å². The predicted molar refractivity (Wildman–Crippen MR) is 134 cm³/mol. The van der Waals surface area contributed by atoms with E-state index in [1.165, 1.54) is 27.2 Å². The van der Waals surface area contributed by atoms with E-state index in [1.807, 2.05) is 6.07 Å². The van der Waals surface area contributed by atoms with Crippen LogP contribution in [0.4, 0.5) is 0 Å². The van der Waals surface area contributed by atoms with Crippen LogP contribution in [0.15, 0.2) is 22.7 Å². The van der Waals surface area contributed by atoms with Gasteiger partial charge in [-0.2, -0.15) is 17.0 Å². The summed E-state index contributed by atoms with van der Waals surface area (Å²) in [5, 5.41) is 0. The summed E-state index contributed by atoms with van der Waals surface area (Å²) in [6.07, 6.45) is 6.90. The first-order valence-corrected chi connectivity index (χ1v) is 14.2. The number of piperidine rings is 2. The Bertz CT molecular complexity index is 839. The molecule has 2 aliphatic rings. The van der Waals surface area contributed by atoms with Gasteiger partial charge in [-0.15, -0.1) is 0 Å². The molecule has 6 nitrogen and oxygen atoms in total. The van der Waals surface area contributed by atoms with Gasteiger partial charge in [0.2, 0.25) is 0 Å². The van der Waals surface area contributed by atoms with Gasteiger partial charge in [-0.3, -0.25) is 0 Å². The van der Waals surface area contributed by atoms with Gasteiger partial charge in [0.05, 0.1) is 6.10 Å². The molecular formula is C24H40BrN3O3S. The van der Waals surface area contributed by atoms with Gasteiger partial charge in [0.25, 0.3) is 10.2 Å². The van der Waals surface area contributed by atoms with Crippen molar-refractivity contribution in [3.05, 3.63) is 28.2 Å². The van der Waals surface area contributed by atoms with E-state index in [4.69, 9.17) is 4.74 Å². The second kappa shape index (κ2) is 11.6. The van der Waals surface area contributed by atoms with Gasteiger partial charge in [0, 0.05) is 31.7 Å². The highest BCUT2D eigenvalue weighted by Gasteiger charge is 2.30.